The van der Waals surface area contributed by atoms with Gasteiger partial charge in [-0.15, -0.1) is 0 Å². The van der Waals surface area contributed by atoms with E-state index in [2.05, 4.69) is 16.2 Å². The maximum Gasteiger partial charge on any atom is 0.422 e. The van der Waals surface area contributed by atoms with E-state index in [1.54, 1.807) is 0 Å². The molecule has 5 nitrogen and oxygen atoms in total. The van der Waals surface area contributed by atoms with Crippen molar-refractivity contribution >= 4 is 6.09 Å². The third kappa shape index (κ3) is 1.37. The summed E-state index contributed by atoms with van der Waals surface area (Å²) in [4.78, 5) is 10.9. The van der Waals surface area contributed by atoms with E-state index in [1.807, 2.05) is 0 Å². The van der Waals surface area contributed by atoms with Gasteiger partial charge in [0.2, 0.25) is 0 Å². The van der Waals surface area contributed by atoms with Crippen molar-refractivity contribution in [3.05, 3.63) is 0 Å². The van der Waals surface area contributed by atoms with Gasteiger partial charge in [-0.05, 0) is 13.1 Å². The first-order valence-corrected chi connectivity index (χ1v) is 4.23. The molecule has 0 unspecified atom stereocenters. The quantitative estimate of drug-likeness (QED) is 0.453. The van der Waals surface area contributed by atoms with Crippen molar-refractivity contribution in [3.63, 3.8) is 0 Å². The number of hydrogen-bond acceptors (Lipinski definition) is 4. The molecular weight excluding hydrogens is 158 g/mol. The van der Waals surface area contributed by atoms with Gasteiger partial charge in [0, 0.05) is 12.8 Å². The van der Waals surface area contributed by atoms with E-state index in [4.69, 9.17) is 4.74 Å². The highest BCUT2D eigenvalue weighted by Gasteiger charge is 2.38. The molecule has 1 amide bonds. The second kappa shape index (κ2) is 2.91. The minimum Gasteiger partial charge on any atom is -0.440 e. The number of carbonyl (C=O) groups excluding carboxylic acids is 1. The third-order valence-electron chi connectivity index (χ3n) is 2.42. The molecule has 3 N–H and O–H groups in total. The lowest BCUT2D eigenvalue weighted by Crippen LogP contribution is -2.60. The van der Waals surface area contributed by atoms with Crippen LogP contribution in [-0.2, 0) is 4.74 Å². The molecule has 2 fully saturated rings. The van der Waals surface area contributed by atoms with E-state index in [1.165, 1.54) is 0 Å². The van der Waals surface area contributed by atoms with Crippen molar-refractivity contribution in [2.24, 2.45) is 0 Å². The van der Waals surface area contributed by atoms with E-state index in [-0.39, 0.29) is 11.7 Å². The van der Waals surface area contributed by atoms with Gasteiger partial charge in [-0.3, -0.25) is 5.43 Å². The van der Waals surface area contributed by atoms with Crippen LogP contribution in [-0.4, -0.2) is 31.3 Å². The standard InChI is InChI=1S/C7H13N3O2/c11-6-10-9-5-7(12-6)1-3-8-4-2-7/h8-9H,1-5H2,(H,10,11). The minimum atomic E-state index is -0.358. The lowest BCUT2D eigenvalue weighted by molar-refractivity contribution is -0.0342. The van der Waals surface area contributed by atoms with Crippen LogP contribution in [0.1, 0.15) is 12.8 Å². The van der Waals surface area contributed by atoms with Gasteiger partial charge in [-0.1, -0.05) is 0 Å². The van der Waals surface area contributed by atoms with Crippen LogP contribution in [0, 0.1) is 0 Å². The Kier molecular flexibility index (Phi) is 1.90. The van der Waals surface area contributed by atoms with Gasteiger partial charge in [0.15, 0.2) is 0 Å². The highest BCUT2D eigenvalue weighted by molar-refractivity contribution is 5.67. The van der Waals surface area contributed by atoms with Gasteiger partial charge < -0.3 is 10.1 Å². The van der Waals surface area contributed by atoms with Crippen molar-refractivity contribution in [2.75, 3.05) is 19.6 Å². The first-order chi connectivity index (χ1) is 5.81. The molecule has 2 aliphatic rings. The number of piperidine rings is 1. The summed E-state index contributed by atoms with van der Waals surface area (Å²) < 4.78 is 5.26. The van der Waals surface area contributed by atoms with Crippen LogP contribution in [0.25, 0.3) is 0 Å². The molecule has 0 aromatic heterocycles. The minimum absolute atomic E-state index is 0.256. The van der Waals surface area contributed by atoms with E-state index < -0.39 is 0 Å². The van der Waals surface area contributed by atoms with Gasteiger partial charge in [0.05, 0.1) is 6.54 Å². The van der Waals surface area contributed by atoms with Crippen molar-refractivity contribution < 1.29 is 9.53 Å². The Morgan fingerprint density at radius 1 is 1.33 bits per heavy atom. The van der Waals surface area contributed by atoms with Crippen molar-refractivity contribution in [1.29, 1.82) is 0 Å². The first-order valence-electron chi connectivity index (χ1n) is 4.23. The van der Waals surface area contributed by atoms with Crippen molar-refractivity contribution in [3.8, 4) is 0 Å². The third-order valence-corrected chi connectivity index (χ3v) is 2.42. The Balaban J connectivity index is 2.02. The lowest BCUT2D eigenvalue weighted by atomic mass is 9.92. The van der Waals surface area contributed by atoms with Gasteiger partial charge in [0.25, 0.3) is 0 Å². The molecule has 0 aromatic rings. The Labute approximate surface area is 70.8 Å². The summed E-state index contributed by atoms with van der Waals surface area (Å²) in [5, 5.41) is 3.23. The van der Waals surface area contributed by atoms with Crippen LogP contribution in [0.2, 0.25) is 0 Å². The summed E-state index contributed by atoms with van der Waals surface area (Å²) in [7, 11) is 0. The molecule has 2 heterocycles. The van der Waals surface area contributed by atoms with Crippen LogP contribution in [0.5, 0.6) is 0 Å². The van der Waals surface area contributed by atoms with E-state index in [0.29, 0.717) is 6.54 Å². The molecular formula is C7H13N3O2. The highest BCUT2D eigenvalue weighted by Crippen LogP contribution is 2.23. The summed E-state index contributed by atoms with van der Waals surface area (Å²) in [6.07, 6.45) is 1.43. The molecule has 2 rings (SSSR count). The normalized spacial score (nSPS) is 27.8. The largest absolute Gasteiger partial charge is 0.440 e. The average Bonchev–Trinajstić information content (AvgIpc) is 2.05. The molecule has 0 aliphatic carbocycles. The SMILES string of the molecule is O=C1NNCC2(CCNCC2)O1. The number of hydrazine groups is 1. The van der Waals surface area contributed by atoms with E-state index >= 15 is 0 Å². The molecule has 5 heteroatoms. The van der Waals surface area contributed by atoms with Crippen LogP contribution < -0.4 is 16.2 Å². The maximum atomic E-state index is 10.9. The molecule has 12 heavy (non-hydrogen) atoms. The maximum absolute atomic E-state index is 10.9. The Morgan fingerprint density at radius 2 is 2.08 bits per heavy atom. The lowest BCUT2D eigenvalue weighted by Gasteiger charge is -2.39. The molecule has 2 saturated heterocycles. The fraction of sp³-hybridized carbons (Fsp3) is 0.857. The van der Waals surface area contributed by atoms with Crippen LogP contribution in [0.15, 0.2) is 0 Å². The predicted octanol–water partition coefficient (Wildman–Crippen LogP) is -0.647. The van der Waals surface area contributed by atoms with E-state index in [0.717, 1.165) is 25.9 Å². The first kappa shape index (κ1) is 7.82. The Hall–Kier alpha value is -0.810. The number of rotatable bonds is 0. The molecule has 0 atom stereocenters. The zero-order valence-electron chi connectivity index (χ0n) is 6.85. The zero-order valence-corrected chi connectivity index (χ0v) is 6.85. The van der Waals surface area contributed by atoms with Crippen LogP contribution in [0.4, 0.5) is 4.79 Å². The monoisotopic (exact) mass is 171 g/mol. The van der Waals surface area contributed by atoms with Gasteiger partial charge in [-0.25, -0.2) is 10.2 Å². The number of hydrogen-bond donors (Lipinski definition) is 3. The number of carbonyl (C=O) groups is 1. The molecule has 0 aromatic carbocycles. The summed E-state index contributed by atoms with van der Waals surface area (Å²) in [5.41, 5.74) is 5.01. The second-order valence-corrected chi connectivity index (χ2v) is 3.30. The Bertz CT molecular complexity index is 184. The van der Waals surface area contributed by atoms with Crippen LogP contribution >= 0.6 is 0 Å². The topological polar surface area (TPSA) is 62.4 Å². The summed E-state index contributed by atoms with van der Waals surface area (Å²) in [6.45, 7) is 2.56. The molecule has 0 radical (unpaired) electrons. The number of ether oxygens (including phenoxy) is 1. The van der Waals surface area contributed by atoms with Crippen molar-refractivity contribution in [2.45, 2.75) is 18.4 Å². The molecule has 2 aliphatic heterocycles. The summed E-state index contributed by atoms with van der Waals surface area (Å²) in [6, 6.07) is 0. The average molecular weight is 171 g/mol. The summed E-state index contributed by atoms with van der Waals surface area (Å²) in [5.74, 6) is 0. The zero-order chi connectivity index (χ0) is 8.44. The fourth-order valence-corrected chi connectivity index (χ4v) is 1.70. The van der Waals surface area contributed by atoms with E-state index in [9.17, 15) is 4.79 Å². The Morgan fingerprint density at radius 3 is 2.75 bits per heavy atom. The van der Waals surface area contributed by atoms with Gasteiger partial charge >= 0.3 is 6.09 Å². The summed E-state index contributed by atoms with van der Waals surface area (Å²) >= 11 is 0. The second-order valence-electron chi connectivity index (χ2n) is 3.30. The van der Waals surface area contributed by atoms with Gasteiger partial charge in [-0.2, -0.15) is 0 Å². The van der Waals surface area contributed by atoms with Crippen molar-refractivity contribution in [1.82, 2.24) is 16.2 Å². The molecule has 1 spiro atoms. The number of nitrogens with one attached hydrogen (secondary N) is 3. The smallest absolute Gasteiger partial charge is 0.422 e. The molecule has 0 bridgehead atoms. The fourth-order valence-electron chi connectivity index (χ4n) is 1.70. The molecule has 0 saturated carbocycles. The molecule has 68 valence electrons. The van der Waals surface area contributed by atoms with Crippen LogP contribution in [0.3, 0.4) is 0 Å². The van der Waals surface area contributed by atoms with Gasteiger partial charge in [0.1, 0.15) is 5.60 Å². The number of amides is 1. The predicted molar refractivity (Wildman–Crippen MR) is 42.5 cm³/mol. The highest BCUT2D eigenvalue weighted by atomic mass is 16.6.